The predicted molar refractivity (Wildman–Crippen MR) is 89.6 cm³/mol. The molecule has 7 heteroatoms. The highest BCUT2D eigenvalue weighted by molar-refractivity contribution is 7.98. The molecule has 1 aliphatic heterocycles. The van der Waals surface area contributed by atoms with E-state index in [1.54, 1.807) is 12.5 Å². The van der Waals surface area contributed by atoms with Crippen LogP contribution in [-0.4, -0.2) is 26.4 Å². The maximum atomic E-state index is 5.76. The topological polar surface area (TPSA) is 66.0 Å². The quantitative estimate of drug-likeness (QED) is 0.526. The molecule has 120 valence electrons. The van der Waals surface area contributed by atoms with Crippen molar-refractivity contribution in [2.24, 2.45) is 0 Å². The molecule has 0 amide bonds. The molecule has 0 aliphatic carbocycles. The molecule has 0 saturated carbocycles. The minimum atomic E-state index is 0.502. The first kappa shape index (κ1) is 14.8. The number of terminal acetylenes is 1. The summed E-state index contributed by atoms with van der Waals surface area (Å²) in [6.07, 6.45) is 9.78. The van der Waals surface area contributed by atoms with Crippen molar-refractivity contribution in [3.63, 3.8) is 0 Å². The van der Waals surface area contributed by atoms with E-state index in [-0.39, 0.29) is 0 Å². The van der Waals surface area contributed by atoms with Gasteiger partial charge in [-0.25, -0.2) is 4.98 Å². The van der Waals surface area contributed by atoms with Crippen LogP contribution < -0.4 is 4.74 Å². The molecular formula is C17H14N4O2S. The third kappa shape index (κ3) is 2.88. The second-order valence-corrected chi connectivity index (χ2v) is 6.23. The summed E-state index contributed by atoms with van der Waals surface area (Å²) in [6.45, 7) is 1.23. The summed E-state index contributed by atoms with van der Waals surface area (Å²) in [5.41, 5.74) is 3.11. The van der Waals surface area contributed by atoms with Gasteiger partial charge in [-0.1, -0.05) is 17.7 Å². The molecule has 0 fully saturated rings. The van der Waals surface area contributed by atoms with Gasteiger partial charge in [0.15, 0.2) is 0 Å². The lowest BCUT2D eigenvalue weighted by molar-refractivity contribution is 0.357. The number of benzene rings is 1. The number of ether oxygens (including phenoxy) is 1. The molecule has 0 bridgehead atoms. The van der Waals surface area contributed by atoms with E-state index in [0.717, 1.165) is 30.0 Å². The number of aromatic nitrogens is 4. The van der Waals surface area contributed by atoms with Crippen molar-refractivity contribution in [3.8, 4) is 29.5 Å². The summed E-state index contributed by atoms with van der Waals surface area (Å²) >= 11 is 1.46. The standard InChI is InChI=1S/C17H14N4O2S/c1-2-6-21-11-18-9-14(21)10-24-17-20-19-16(23-17)13-3-4-15-12(8-13)5-7-22-15/h1,3-4,8-9,11H,5-7,10H2. The lowest BCUT2D eigenvalue weighted by Crippen LogP contribution is -1.98. The van der Waals surface area contributed by atoms with E-state index in [1.807, 2.05) is 22.8 Å². The van der Waals surface area contributed by atoms with Crippen LogP contribution in [0.25, 0.3) is 11.5 Å². The second kappa shape index (κ2) is 6.42. The van der Waals surface area contributed by atoms with Crippen molar-refractivity contribution in [3.05, 3.63) is 42.0 Å². The number of rotatable bonds is 5. The molecule has 0 unspecified atom stereocenters. The van der Waals surface area contributed by atoms with Crippen LogP contribution in [0.1, 0.15) is 11.3 Å². The van der Waals surface area contributed by atoms with E-state index in [9.17, 15) is 0 Å². The van der Waals surface area contributed by atoms with E-state index in [4.69, 9.17) is 15.6 Å². The van der Waals surface area contributed by atoms with Gasteiger partial charge in [0.2, 0.25) is 5.89 Å². The highest BCUT2D eigenvalue weighted by atomic mass is 32.2. The van der Waals surface area contributed by atoms with Gasteiger partial charge in [0.1, 0.15) is 5.75 Å². The first-order valence-corrected chi connectivity index (χ1v) is 8.47. The van der Waals surface area contributed by atoms with Crippen LogP contribution in [0.5, 0.6) is 5.75 Å². The molecule has 3 aromatic rings. The van der Waals surface area contributed by atoms with Crippen molar-refractivity contribution >= 4 is 11.8 Å². The second-order valence-electron chi connectivity index (χ2n) is 5.30. The number of hydrogen-bond donors (Lipinski definition) is 0. The first-order chi connectivity index (χ1) is 11.8. The van der Waals surface area contributed by atoms with E-state index in [1.165, 1.54) is 17.3 Å². The Morgan fingerprint density at radius 3 is 3.21 bits per heavy atom. The van der Waals surface area contributed by atoms with Crippen molar-refractivity contribution in [2.75, 3.05) is 6.61 Å². The predicted octanol–water partition coefficient (Wildman–Crippen LogP) is 2.79. The molecule has 4 rings (SSSR count). The summed E-state index contributed by atoms with van der Waals surface area (Å²) in [5.74, 6) is 4.73. The van der Waals surface area contributed by atoms with E-state index in [2.05, 4.69) is 21.1 Å². The van der Waals surface area contributed by atoms with Crippen LogP contribution in [0, 0.1) is 12.3 Å². The van der Waals surface area contributed by atoms with Gasteiger partial charge in [0.05, 0.1) is 19.5 Å². The molecular weight excluding hydrogens is 324 g/mol. The fraction of sp³-hybridized carbons (Fsp3) is 0.235. The zero-order valence-corrected chi connectivity index (χ0v) is 13.6. The van der Waals surface area contributed by atoms with Crippen molar-refractivity contribution in [2.45, 2.75) is 23.9 Å². The number of imidazole rings is 1. The fourth-order valence-electron chi connectivity index (χ4n) is 2.55. The van der Waals surface area contributed by atoms with Crippen LogP contribution in [0.3, 0.4) is 0 Å². The highest BCUT2D eigenvalue weighted by Gasteiger charge is 2.16. The average molecular weight is 338 g/mol. The van der Waals surface area contributed by atoms with E-state index < -0.39 is 0 Å². The third-order valence-corrected chi connectivity index (χ3v) is 4.60. The van der Waals surface area contributed by atoms with Gasteiger partial charge < -0.3 is 13.7 Å². The van der Waals surface area contributed by atoms with Crippen molar-refractivity contribution in [1.29, 1.82) is 0 Å². The van der Waals surface area contributed by atoms with Gasteiger partial charge in [-0.05, 0) is 23.8 Å². The summed E-state index contributed by atoms with van der Waals surface area (Å²) in [7, 11) is 0. The Hall–Kier alpha value is -2.72. The fourth-order valence-corrected chi connectivity index (χ4v) is 3.30. The summed E-state index contributed by atoms with van der Waals surface area (Å²) in [6, 6.07) is 5.94. The number of nitrogens with zero attached hydrogens (tertiary/aromatic N) is 4. The monoisotopic (exact) mass is 338 g/mol. The third-order valence-electron chi connectivity index (χ3n) is 3.75. The molecule has 1 aromatic carbocycles. The summed E-state index contributed by atoms with van der Waals surface area (Å²) < 4.78 is 13.2. The van der Waals surface area contributed by atoms with Gasteiger partial charge >= 0.3 is 0 Å². The molecule has 1 aliphatic rings. The SMILES string of the molecule is C#CCn1cncc1CSc1nnc(-c2ccc3c(c2)CCO3)o1. The Balaban J connectivity index is 1.47. The first-order valence-electron chi connectivity index (χ1n) is 7.48. The lowest BCUT2D eigenvalue weighted by atomic mass is 10.1. The zero-order valence-electron chi connectivity index (χ0n) is 12.8. The Morgan fingerprint density at radius 1 is 1.33 bits per heavy atom. The van der Waals surface area contributed by atoms with Crippen molar-refractivity contribution < 1.29 is 9.15 Å². The zero-order chi connectivity index (χ0) is 16.4. The van der Waals surface area contributed by atoms with E-state index >= 15 is 0 Å². The summed E-state index contributed by atoms with van der Waals surface area (Å²) in [5, 5.41) is 8.77. The van der Waals surface area contributed by atoms with Crippen molar-refractivity contribution in [1.82, 2.24) is 19.7 Å². The maximum Gasteiger partial charge on any atom is 0.277 e. The Kier molecular flexibility index (Phi) is 3.97. The normalized spacial score (nSPS) is 12.6. The maximum absolute atomic E-state index is 5.76. The van der Waals surface area contributed by atoms with Gasteiger partial charge in [0, 0.05) is 29.6 Å². The largest absolute Gasteiger partial charge is 0.493 e. The molecule has 0 N–H and O–H groups in total. The lowest BCUT2D eigenvalue weighted by Gasteiger charge is -2.02. The molecule has 2 aromatic heterocycles. The van der Waals surface area contributed by atoms with Gasteiger partial charge in [-0.15, -0.1) is 16.6 Å². The number of fused-ring (bicyclic) bond motifs is 1. The van der Waals surface area contributed by atoms with Gasteiger partial charge in [0.25, 0.3) is 5.22 Å². The smallest absolute Gasteiger partial charge is 0.277 e. The molecule has 0 saturated heterocycles. The minimum absolute atomic E-state index is 0.502. The number of thioether (sulfide) groups is 1. The van der Waals surface area contributed by atoms with Gasteiger partial charge in [-0.3, -0.25) is 0 Å². The van der Waals surface area contributed by atoms with Crippen LogP contribution in [0.2, 0.25) is 0 Å². The molecule has 0 atom stereocenters. The molecule has 3 heterocycles. The van der Waals surface area contributed by atoms with Gasteiger partial charge in [-0.2, -0.15) is 0 Å². The van der Waals surface area contributed by atoms with Crippen LogP contribution in [0.15, 0.2) is 40.4 Å². The Labute approximate surface area is 143 Å². The van der Waals surface area contributed by atoms with Crippen LogP contribution >= 0.6 is 11.8 Å². The Bertz CT molecular complexity index is 909. The highest BCUT2D eigenvalue weighted by Crippen LogP contribution is 2.31. The summed E-state index contributed by atoms with van der Waals surface area (Å²) in [4.78, 5) is 4.11. The molecule has 24 heavy (non-hydrogen) atoms. The Morgan fingerprint density at radius 2 is 2.29 bits per heavy atom. The average Bonchev–Trinajstić information content (AvgIpc) is 3.33. The minimum Gasteiger partial charge on any atom is -0.493 e. The molecule has 0 radical (unpaired) electrons. The molecule has 0 spiro atoms. The van der Waals surface area contributed by atoms with Crippen LogP contribution in [0.4, 0.5) is 0 Å². The number of hydrogen-bond acceptors (Lipinski definition) is 6. The van der Waals surface area contributed by atoms with Crippen LogP contribution in [-0.2, 0) is 18.7 Å². The van der Waals surface area contributed by atoms with E-state index in [0.29, 0.717) is 23.4 Å². The molecule has 6 nitrogen and oxygen atoms in total.